The second kappa shape index (κ2) is 7.60. The maximum atomic E-state index is 13.4. The first kappa shape index (κ1) is 18.9. The second-order valence-corrected chi connectivity index (χ2v) is 8.59. The number of rotatable bonds is 6. The molecule has 1 aliphatic rings. The molecule has 152 valence electrons. The molecule has 0 spiro atoms. The molecule has 7 nitrogen and oxygen atoms in total. The van der Waals surface area contributed by atoms with Gasteiger partial charge in [0.05, 0.1) is 29.0 Å². The van der Waals surface area contributed by atoms with Crippen molar-refractivity contribution in [1.82, 2.24) is 19.7 Å². The molecule has 1 atom stereocenters. The van der Waals surface area contributed by atoms with Crippen LogP contribution in [-0.4, -0.2) is 26.8 Å². The van der Waals surface area contributed by atoms with Crippen LogP contribution in [0.1, 0.15) is 42.6 Å². The third-order valence-corrected chi connectivity index (χ3v) is 6.13. The van der Waals surface area contributed by atoms with Crippen LogP contribution in [0.15, 0.2) is 63.0 Å². The van der Waals surface area contributed by atoms with E-state index in [-0.39, 0.29) is 10.8 Å². The first-order valence-electron chi connectivity index (χ1n) is 9.80. The second-order valence-electron chi connectivity index (χ2n) is 7.28. The van der Waals surface area contributed by atoms with Crippen molar-refractivity contribution in [1.29, 1.82) is 0 Å². The van der Waals surface area contributed by atoms with E-state index in [1.165, 1.54) is 11.8 Å². The summed E-state index contributed by atoms with van der Waals surface area (Å²) in [6.07, 6.45) is 2.23. The molecule has 1 saturated carbocycles. The van der Waals surface area contributed by atoms with Crippen LogP contribution in [0.25, 0.3) is 16.6 Å². The van der Waals surface area contributed by atoms with Gasteiger partial charge in [0, 0.05) is 12.0 Å². The van der Waals surface area contributed by atoms with Gasteiger partial charge in [0.1, 0.15) is 5.75 Å². The number of para-hydroxylation sites is 1. The van der Waals surface area contributed by atoms with Gasteiger partial charge in [-0.3, -0.25) is 9.36 Å². The Morgan fingerprint density at radius 1 is 1.17 bits per heavy atom. The molecule has 5 rings (SSSR count). The Bertz CT molecular complexity index is 1280. The van der Waals surface area contributed by atoms with Crippen molar-refractivity contribution in [3.05, 3.63) is 70.6 Å². The first-order chi connectivity index (χ1) is 14.6. The Morgan fingerprint density at radius 2 is 2.00 bits per heavy atom. The van der Waals surface area contributed by atoms with Gasteiger partial charge < -0.3 is 9.26 Å². The summed E-state index contributed by atoms with van der Waals surface area (Å²) in [5, 5.41) is 5.07. The highest BCUT2D eigenvalue weighted by molar-refractivity contribution is 7.99. The van der Waals surface area contributed by atoms with E-state index in [0.29, 0.717) is 39.3 Å². The van der Waals surface area contributed by atoms with Gasteiger partial charge >= 0.3 is 0 Å². The van der Waals surface area contributed by atoms with E-state index in [0.717, 1.165) is 18.7 Å². The van der Waals surface area contributed by atoms with Gasteiger partial charge in [0.15, 0.2) is 11.0 Å². The smallest absolute Gasteiger partial charge is 0.266 e. The highest BCUT2D eigenvalue weighted by Crippen LogP contribution is 2.40. The summed E-state index contributed by atoms with van der Waals surface area (Å²) in [7, 11) is 1.60. The molecule has 0 bridgehead atoms. The fourth-order valence-electron chi connectivity index (χ4n) is 3.30. The van der Waals surface area contributed by atoms with Crippen molar-refractivity contribution in [2.75, 3.05) is 7.11 Å². The van der Waals surface area contributed by atoms with E-state index in [4.69, 9.17) is 14.2 Å². The summed E-state index contributed by atoms with van der Waals surface area (Å²) in [5.41, 5.74) is 1.21. The minimum absolute atomic E-state index is 0.132. The minimum atomic E-state index is -0.157. The predicted octanol–water partition coefficient (Wildman–Crippen LogP) is 4.51. The highest BCUT2D eigenvalue weighted by Gasteiger charge is 2.30. The molecule has 1 fully saturated rings. The Morgan fingerprint density at radius 3 is 2.80 bits per heavy atom. The van der Waals surface area contributed by atoms with Gasteiger partial charge in [-0.05, 0) is 44.0 Å². The van der Waals surface area contributed by atoms with E-state index in [2.05, 4.69) is 10.1 Å². The summed E-state index contributed by atoms with van der Waals surface area (Å²) < 4.78 is 12.4. The lowest BCUT2D eigenvalue weighted by Crippen LogP contribution is -2.22. The molecule has 2 aromatic carbocycles. The summed E-state index contributed by atoms with van der Waals surface area (Å²) >= 11 is 1.42. The van der Waals surface area contributed by atoms with Crippen LogP contribution >= 0.6 is 11.8 Å². The lowest BCUT2D eigenvalue weighted by atomic mass is 10.2. The number of nitrogens with zero attached hydrogens (tertiary/aromatic N) is 4. The predicted molar refractivity (Wildman–Crippen MR) is 114 cm³/mol. The summed E-state index contributed by atoms with van der Waals surface area (Å²) in [6, 6.07) is 14.7. The van der Waals surface area contributed by atoms with Gasteiger partial charge in [-0.2, -0.15) is 4.98 Å². The zero-order valence-electron chi connectivity index (χ0n) is 16.6. The van der Waals surface area contributed by atoms with Gasteiger partial charge in [0.25, 0.3) is 5.56 Å². The third kappa shape index (κ3) is 3.47. The Hall–Kier alpha value is -3.13. The van der Waals surface area contributed by atoms with Crippen molar-refractivity contribution >= 4 is 22.7 Å². The minimum Gasteiger partial charge on any atom is -0.497 e. The average molecular weight is 420 g/mol. The van der Waals surface area contributed by atoms with Crippen molar-refractivity contribution in [2.24, 2.45) is 0 Å². The molecule has 0 saturated heterocycles. The monoisotopic (exact) mass is 420 g/mol. The van der Waals surface area contributed by atoms with E-state index in [1.54, 1.807) is 17.7 Å². The van der Waals surface area contributed by atoms with E-state index < -0.39 is 0 Å². The van der Waals surface area contributed by atoms with Gasteiger partial charge in [0.2, 0.25) is 5.89 Å². The number of fused-ring (bicyclic) bond motifs is 1. The highest BCUT2D eigenvalue weighted by atomic mass is 32.2. The molecule has 0 N–H and O–H groups in total. The van der Waals surface area contributed by atoms with Crippen LogP contribution in [0.5, 0.6) is 5.75 Å². The largest absolute Gasteiger partial charge is 0.497 e. The Kier molecular flexibility index (Phi) is 4.78. The number of hydrogen-bond acceptors (Lipinski definition) is 7. The number of methoxy groups -OCH3 is 1. The molecule has 2 heterocycles. The molecular formula is C22H20N4O3S. The molecule has 1 aliphatic carbocycles. The van der Waals surface area contributed by atoms with Crippen LogP contribution in [0.4, 0.5) is 0 Å². The normalized spacial score (nSPS) is 14.7. The Balaban J connectivity index is 1.60. The van der Waals surface area contributed by atoms with Crippen LogP contribution in [0, 0.1) is 0 Å². The Labute approximate surface area is 177 Å². The number of benzene rings is 2. The fourth-order valence-corrected chi connectivity index (χ4v) is 4.25. The molecular weight excluding hydrogens is 400 g/mol. The number of hydrogen-bond donors (Lipinski definition) is 0. The van der Waals surface area contributed by atoms with Crippen LogP contribution in [0.2, 0.25) is 0 Å². The van der Waals surface area contributed by atoms with Crippen LogP contribution < -0.4 is 10.3 Å². The fraction of sp³-hybridized carbons (Fsp3) is 0.273. The lowest BCUT2D eigenvalue weighted by Gasteiger charge is -2.15. The average Bonchev–Trinajstić information content (AvgIpc) is 3.50. The maximum absolute atomic E-state index is 13.4. The molecule has 0 aliphatic heterocycles. The van der Waals surface area contributed by atoms with E-state index in [1.807, 2.05) is 49.4 Å². The maximum Gasteiger partial charge on any atom is 0.266 e. The number of aromatic nitrogens is 4. The standard InChI is InChI=1S/C22H20N4O3S/c1-13(20-24-19(25-29-20)14-10-11-14)30-22-23-18-9-4-3-8-17(18)21(27)26(22)15-6-5-7-16(12-15)28-2/h3-9,12-14H,10-11H2,1-2H3. The zero-order valence-corrected chi connectivity index (χ0v) is 17.4. The molecule has 0 amide bonds. The summed E-state index contributed by atoms with van der Waals surface area (Å²) in [5.74, 6) is 2.41. The van der Waals surface area contributed by atoms with Crippen molar-refractivity contribution < 1.29 is 9.26 Å². The zero-order chi connectivity index (χ0) is 20.7. The third-order valence-electron chi connectivity index (χ3n) is 5.09. The van der Waals surface area contributed by atoms with Gasteiger partial charge in [-0.25, -0.2) is 4.98 Å². The lowest BCUT2D eigenvalue weighted by molar-refractivity contribution is 0.374. The number of ether oxygens (including phenoxy) is 1. The molecule has 4 aromatic rings. The number of thioether (sulfide) groups is 1. The molecule has 0 radical (unpaired) electrons. The summed E-state index contributed by atoms with van der Waals surface area (Å²) in [4.78, 5) is 22.7. The molecule has 8 heteroatoms. The van der Waals surface area contributed by atoms with Crippen molar-refractivity contribution in [3.63, 3.8) is 0 Å². The van der Waals surface area contributed by atoms with Gasteiger partial charge in [-0.1, -0.05) is 35.1 Å². The SMILES string of the molecule is COc1cccc(-n2c(SC(C)c3nc(C4CC4)no3)nc3ccccc3c2=O)c1. The summed E-state index contributed by atoms with van der Waals surface area (Å²) in [6.45, 7) is 1.98. The van der Waals surface area contributed by atoms with Crippen LogP contribution in [0.3, 0.4) is 0 Å². The molecule has 1 unspecified atom stereocenters. The first-order valence-corrected chi connectivity index (χ1v) is 10.7. The van der Waals surface area contributed by atoms with Crippen molar-refractivity contribution in [3.8, 4) is 11.4 Å². The van der Waals surface area contributed by atoms with E-state index >= 15 is 0 Å². The van der Waals surface area contributed by atoms with E-state index in [9.17, 15) is 4.79 Å². The quantitative estimate of drug-likeness (QED) is 0.335. The topological polar surface area (TPSA) is 83.0 Å². The molecule has 30 heavy (non-hydrogen) atoms. The van der Waals surface area contributed by atoms with Gasteiger partial charge in [-0.15, -0.1) is 0 Å². The van der Waals surface area contributed by atoms with Crippen LogP contribution in [-0.2, 0) is 0 Å². The van der Waals surface area contributed by atoms with Crippen molar-refractivity contribution in [2.45, 2.75) is 36.1 Å². The molecule has 2 aromatic heterocycles.